The largest absolute Gasteiger partial charge is 0.516 e. The summed E-state index contributed by atoms with van der Waals surface area (Å²) < 4.78 is 31.7. The second-order valence-corrected chi connectivity index (χ2v) is 11.7. The Morgan fingerprint density at radius 2 is 1.80 bits per heavy atom. The van der Waals surface area contributed by atoms with Gasteiger partial charge in [-0.15, -0.1) is 0 Å². The third-order valence-electron chi connectivity index (χ3n) is 7.41. The summed E-state index contributed by atoms with van der Waals surface area (Å²) in [5.74, 6) is -2.18. The number of hydrogen-bond donors (Lipinski definition) is 1. The van der Waals surface area contributed by atoms with E-state index in [0.29, 0.717) is 42.9 Å². The predicted octanol–water partition coefficient (Wildman–Crippen LogP) is 5.13. The third kappa shape index (κ3) is 6.98. The molecule has 1 unspecified atom stereocenters. The lowest BCUT2D eigenvalue weighted by molar-refractivity contribution is -0.867. The number of quaternary nitrogens is 1. The number of carbonyl (C=O) groups is 3. The summed E-state index contributed by atoms with van der Waals surface area (Å²) in [6.07, 6.45) is -0.996. The molecule has 2 aromatic rings. The summed E-state index contributed by atoms with van der Waals surface area (Å²) in [4.78, 5) is 39.5. The molecule has 0 aromatic heterocycles. The number of rotatable bonds is 7. The Balaban J connectivity index is 1.94. The molecule has 1 N–H and O–H groups in total. The molecule has 0 radical (unpaired) electrons. The second-order valence-electron chi connectivity index (χ2n) is 11.7. The number of piperazine rings is 1. The van der Waals surface area contributed by atoms with Crippen molar-refractivity contribution in [2.24, 2.45) is 0 Å². The van der Waals surface area contributed by atoms with Crippen LogP contribution in [0.4, 0.5) is 9.18 Å². The fourth-order valence-electron chi connectivity index (χ4n) is 4.70. The highest BCUT2D eigenvalue weighted by Gasteiger charge is 2.45. The zero-order valence-electron chi connectivity index (χ0n) is 24.5. The summed E-state index contributed by atoms with van der Waals surface area (Å²) in [5.41, 5.74) is 0.757. The van der Waals surface area contributed by atoms with Gasteiger partial charge in [0.05, 0.1) is 26.3 Å². The van der Waals surface area contributed by atoms with Gasteiger partial charge in [0.25, 0.3) is 0 Å². The number of carboxylic acids is 1. The van der Waals surface area contributed by atoms with E-state index in [-0.39, 0.29) is 33.5 Å². The van der Waals surface area contributed by atoms with Gasteiger partial charge >= 0.3 is 18.0 Å². The van der Waals surface area contributed by atoms with Crippen LogP contribution in [0.3, 0.4) is 0 Å². The molecule has 1 amide bonds. The number of nitrogens with zero attached hydrogens (tertiary/aromatic N) is 2. The number of esters is 1. The minimum absolute atomic E-state index is 0.0377. The molecular formula is C30H40FN2O7+. The molecule has 0 aliphatic carbocycles. The molecule has 1 saturated heterocycles. The Kier molecular flexibility index (Phi) is 9.26. The lowest BCUT2D eigenvalue weighted by atomic mass is 10.0. The Bertz CT molecular complexity index is 1290. The number of carboxylic acid groups (broad SMARTS) is 1. The normalized spacial score (nSPS) is 20.5. The van der Waals surface area contributed by atoms with Crippen LogP contribution in [0, 0.1) is 19.7 Å². The lowest BCUT2D eigenvalue weighted by Gasteiger charge is -2.45. The lowest BCUT2D eigenvalue weighted by Crippen LogP contribution is -2.66. The summed E-state index contributed by atoms with van der Waals surface area (Å²) >= 11 is 0. The molecule has 9 nitrogen and oxygen atoms in total. The Labute approximate surface area is 235 Å². The molecule has 3 atom stereocenters. The molecule has 0 spiro atoms. The van der Waals surface area contributed by atoms with Gasteiger partial charge in [0.1, 0.15) is 41.4 Å². The molecule has 1 fully saturated rings. The fourth-order valence-corrected chi connectivity index (χ4v) is 4.70. The summed E-state index contributed by atoms with van der Waals surface area (Å²) in [6.45, 7) is 12.7. The van der Waals surface area contributed by atoms with Crippen molar-refractivity contribution in [1.82, 2.24) is 4.90 Å². The molecule has 10 heteroatoms. The molecule has 1 heterocycles. The molecule has 2 aromatic carbocycles. The maximum atomic E-state index is 14.7. The van der Waals surface area contributed by atoms with Crippen LogP contribution in [0.15, 0.2) is 30.3 Å². The maximum absolute atomic E-state index is 14.7. The van der Waals surface area contributed by atoms with Crippen molar-refractivity contribution < 1.29 is 42.6 Å². The molecular weight excluding hydrogens is 519 g/mol. The molecule has 1 aliphatic heterocycles. The number of aryl methyl sites for hydroxylation is 2. The first kappa shape index (κ1) is 31.0. The van der Waals surface area contributed by atoms with E-state index in [1.54, 1.807) is 26.0 Å². The van der Waals surface area contributed by atoms with Crippen LogP contribution in [0.2, 0.25) is 0 Å². The van der Waals surface area contributed by atoms with Gasteiger partial charge in [-0.1, -0.05) is 12.1 Å². The first-order valence-electron chi connectivity index (χ1n) is 13.3. The van der Waals surface area contributed by atoms with E-state index in [0.717, 1.165) is 0 Å². The molecule has 3 rings (SSSR count). The Morgan fingerprint density at radius 1 is 1.12 bits per heavy atom. The summed E-state index contributed by atoms with van der Waals surface area (Å²) in [7, 11) is 3.07. The number of ether oxygens (including phenoxy) is 3. The van der Waals surface area contributed by atoms with Crippen LogP contribution in [0.25, 0.3) is 0 Å². The van der Waals surface area contributed by atoms with E-state index in [1.807, 2.05) is 34.7 Å². The SMILES string of the molecule is COC(=O)c1cc(C(=O)O)c(C)cc1O[C@H](CN1CC[N+](C)(C(=O)OC(C)(C)C)[C@H](C)C1)c1ccc(C)c(F)c1. The zero-order chi connectivity index (χ0) is 30.0. The Hall–Kier alpha value is -3.50. The number of likely N-dealkylation sites (N-methyl/N-ethyl adjacent to an activating group) is 1. The highest BCUT2D eigenvalue weighted by molar-refractivity contribution is 5.97. The van der Waals surface area contributed by atoms with Gasteiger partial charge in [-0.2, -0.15) is 4.79 Å². The number of hydrogen-bond acceptors (Lipinski definition) is 7. The van der Waals surface area contributed by atoms with Gasteiger partial charge in [0.15, 0.2) is 0 Å². The third-order valence-corrected chi connectivity index (χ3v) is 7.41. The van der Waals surface area contributed by atoms with Crippen molar-refractivity contribution in [3.8, 4) is 5.75 Å². The van der Waals surface area contributed by atoms with Crippen LogP contribution in [0.1, 0.15) is 71.2 Å². The highest BCUT2D eigenvalue weighted by atomic mass is 19.1. The van der Waals surface area contributed by atoms with Gasteiger partial charge in [-0.25, -0.2) is 18.5 Å². The van der Waals surface area contributed by atoms with Crippen LogP contribution >= 0.6 is 0 Å². The molecule has 1 aliphatic rings. The van der Waals surface area contributed by atoms with E-state index in [4.69, 9.17) is 14.2 Å². The number of carbonyl (C=O) groups excluding carboxylic acids is 2. The highest BCUT2D eigenvalue weighted by Crippen LogP contribution is 2.32. The number of benzene rings is 2. The van der Waals surface area contributed by atoms with Crippen molar-refractivity contribution in [2.75, 3.05) is 40.3 Å². The van der Waals surface area contributed by atoms with Crippen LogP contribution < -0.4 is 4.74 Å². The number of aromatic carboxylic acids is 1. The number of amides is 1. The van der Waals surface area contributed by atoms with Gasteiger partial charge in [-0.3, -0.25) is 4.90 Å². The molecule has 40 heavy (non-hydrogen) atoms. The average molecular weight is 560 g/mol. The van der Waals surface area contributed by atoms with E-state index in [2.05, 4.69) is 4.90 Å². The predicted molar refractivity (Wildman–Crippen MR) is 147 cm³/mol. The summed E-state index contributed by atoms with van der Waals surface area (Å²) in [6, 6.07) is 7.47. The van der Waals surface area contributed by atoms with Crippen molar-refractivity contribution in [1.29, 1.82) is 0 Å². The minimum atomic E-state index is -1.18. The van der Waals surface area contributed by atoms with Crippen molar-refractivity contribution in [3.63, 3.8) is 0 Å². The average Bonchev–Trinajstić information content (AvgIpc) is 2.86. The van der Waals surface area contributed by atoms with E-state index in [1.165, 1.54) is 25.3 Å². The molecule has 0 saturated carbocycles. The summed E-state index contributed by atoms with van der Waals surface area (Å²) in [5, 5.41) is 9.56. The first-order chi connectivity index (χ1) is 18.6. The van der Waals surface area contributed by atoms with Crippen molar-refractivity contribution >= 4 is 18.0 Å². The number of halogens is 1. The first-order valence-corrected chi connectivity index (χ1v) is 13.3. The van der Waals surface area contributed by atoms with Crippen molar-refractivity contribution in [2.45, 2.75) is 59.3 Å². The number of methoxy groups -OCH3 is 1. The fraction of sp³-hybridized carbons (Fsp3) is 0.500. The Morgan fingerprint density at radius 3 is 2.35 bits per heavy atom. The molecule has 0 bridgehead atoms. The van der Waals surface area contributed by atoms with Crippen LogP contribution in [0.5, 0.6) is 5.75 Å². The van der Waals surface area contributed by atoms with Crippen molar-refractivity contribution in [3.05, 3.63) is 64.0 Å². The van der Waals surface area contributed by atoms with E-state index < -0.39 is 29.5 Å². The minimum Gasteiger partial charge on any atom is -0.483 e. The van der Waals surface area contributed by atoms with Crippen LogP contribution in [-0.2, 0) is 9.47 Å². The second kappa shape index (κ2) is 11.9. The quantitative estimate of drug-likeness (QED) is 0.368. The van der Waals surface area contributed by atoms with Gasteiger partial charge in [0, 0.05) is 13.1 Å². The van der Waals surface area contributed by atoms with E-state index in [9.17, 15) is 23.9 Å². The van der Waals surface area contributed by atoms with Gasteiger partial charge < -0.3 is 19.3 Å². The van der Waals surface area contributed by atoms with Gasteiger partial charge in [-0.05, 0) is 76.4 Å². The topological polar surface area (TPSA) is 102 Å². The van der Waals surface area contributed by atoms with E-state index >= 15 is 0 Å². The maximum Gasteiger partial charge on any atom is 0.516 e. The van der Waals surface area contributed by atoms with Crippen LogP contribution in [-0.4, -0.2) is 84.5 Å². The smallest absolute Gasteiger partial charge is 0.483 e. The monoisotopic (exact) mass is 559 g/mol. The molecule has 218 valence electrons. The zero-order valence-corrected chi connectivity index (χ0v) is 24.5. The standard InChI is InChI=1S/C30H39FN2O7/c1-18-9-10-21(14-24(18)31)26(39-25-13-19(2)22(27(34)35)15-23(25)28(36)38-8)17-32-11-12-33(7,20(3)16-32)29(37)40-30(4,5)6/h9-10,13-15,20,26H,11-12,16-17H2,1-8H3/p+1/t20-,26-,33?/m1/s1. The van der Waals surface area contributed by atoms with Gasteiger partial charge in [0.2, 0.25) is 0 Å².